The molecule has 0 N–H and O–H groups in total. The summed E-state index contributed by atoms with van der Waals surface area (Å²) in [7, 11) is 0. The molecular weight excluding hydrogens is 262 g/mol. The van der Waals surface area contributed by atoms with Gasteiger partial charge < -0.3 is 4.74 Å². The van der Waals surface area contributed by atoms with Crippen LogP contribution in [-0.2, 0) is 0 Å². The van der Waals surface area contributed by atoms with Crippen LogP contribution in [0.5, 0.6) is 5.75 Å². The van der Waals surface area contributed by atoms with Crippen molar-refractivity contribution in [3.63, 3.8) is 0 Å². The molecule has 0 aliphatic rings. The predicted octanol–water partition coefficient (Wildman–Crippen LogP) is 3.15. The largest absolute Gasteiger partial charge is 0.494 e. The molecule has 0 heterocycles. The third-order valence-corrected chi connectivity index (χ3v) is 2.40. The van der Waals surface area contributed by atoms with Crippen molar-refractivity contribution in [3.8, 4) is 5.75 Å². The van der Waals surface area contributed by atoms with Gasteiger partial charge in [-0.15, -0.1) is 0 Å². The summed E-state index contributed by atoms with van der Waals surface area (Å²) in [5.74, 6) is 0.676. The highest BCUT2D eigenvalue weighted by atomic mass is 79.9. The van der Waals surface area contributed by atoms with E-state index in [9.17, 15) is 10.1 Å². The molecule has 1 rings (SSSR count). The van der Waals surface area contributed by atoms with Crippen LogP contribution < -0.4 is 4.74 Å². The highest BCUT2D eigenvalue weighted by Gasteiger charge is 2.03. The second-order valence-electron chi connectivity index (χ2n) is 3.00. The Labute approximate surface area is 96.5 Å². The van der Waals surface area contributed by atoms with Crippen molar-refractivity contribution in [2.24, 2.45) is 0 Å². The van der Waals surface area contributed by atoms with Gasteiger partial charge in [0, 0.05) is 17.5 Å². The molecule has 15 heavy (non-hydrogen) atoms. The van der Waals surface area contributed by atoms with Crippen LogP contribution in [0.25, 0.3) is 0 Å². The fourth-order valence-corrected chi connectivity index (χ4v) is 1.45. The minimum atomic E-state index is -0.422. The van der Waals surface area contributed by atoms with Crippen LogP contribution in [0.4, 0.5) is 5.69 Å². The average Bonchev–Trinajstić information content (AvgIpc) is 2.25. The molecule has 0 saturated heterocycles. The Morgan fingerprint density at radius 1 is 1.27 bits per heavy atom. The number of halogens is 1. The lowest BCUT2D eigenvalue weighted by atomic mass is 10.3. The first-order valence-corrected chi connectivity index (χ1v) is 5.79. The van der Waals surface area contributed by atoms with Crippen molar-refractivity contribution in [1.29, 1.82) is 0 Å². The highest BCUT2D eigenvalue weighted by Crippen LogP contribution is 2.17. The lowest BCUT2D eigenvalue weighted by molar-refractivity contribution is -0.384. The van der Waals surface area contributed by atoms with Crippen molar-refractivity contribution in [3.05, 3.63) is 34.4 Å². The van der Waals surface area contributed by atoms with Crippen LogP contribution in [0.2, 0.25) is 0 Å². The number of unbranched alkanes of at least 4 members (excludes halogenated alkanes) is 1. The van der Waals surface area contributed by atoms with E-state index in [0.29, 0.717) is 12.4 Å². The maximum atomic E-state index is 10.4. The molecule has 0 aliphatic carbocycles. The zero-order chi connectivity index (χ0) is 11.1. The van der Waals surface area contributed by atoms with Gasteiger partial charge in [0.15, 0.2) is 0 Å². The smallest absolute Gasteiger partial charge is 0.269 e. The van der Waals surface area contributed by atoms with Crippen molar-refractivity contribution < 1.29 is 9.66 Å². The van der Waals surface area contributed by atoms with Gasteiger partial charge in [-0.05, 0) is 25.0 Å². The second kappa shape index (κ2) is 6.40. The molecule has 0 unspecified atom stereocenters. The van der Waals surface area contributed by atoms with E-state index in [0.717, 1.165) is 18.2 Å². The highest BCUT2D eigenvalue weighted by molar-refractivity contribution is 9.09. The SMILES string of the molecule is O=[N+]([O-])c1ccc(OCCCCBr)cc1. The maximum Gasteiger partial charge on any atom is 0.269 e. The number of rotatable bonds is 6. The summed E-state index contributed by atoms with van der Waals surface area (Å²) in [6.45, 7) is 0.642. The molecule has 0 atom stereocenters. The van der Waals surface area contributed by atoms with Gasteiger partial charge in [0.2, 0.25) is 0 Å². The van der Waals surface area contributed by atoms with E-state index < -0.39 is 4.92 Å². The van der Waals surface area contributed by atoms with Crippen LogP contribution in [0.1, 0.15) is 12.8 Å². The summed E-state index contributed by atoms with van der Waals surface area (Å²) in [6.07, 6.45) is 2.04. The molecule has 82 valence electrons. The van der Waals surface area contributed by atoms with E-state index in [1.165, 1.54) is 12.1 Å². The quantitative estimate of drug-likeness (QED) is 0.346. The topological polar surface area (TPSA) is 52.4 Å². The number of nitrogens with zero attached hydrogens (tertiary/aromatic N) is 1. The van der Waals surface area contributed by atoms with E-state index in [4.69, 9.17) is 4.74 Å². The van der Waals surface area contributed by atoms with Gasteiger partial charge >= 0.3 is 0 Å². The molecule has 0 spiro atoms. The summed E-state index contributed by atoms with van der Waals surface area (Å²) < 4.78 is 5.40. The predicted molar refractivity (Wildman–Crippen MR) is 61.6 cm³/mol. The van der Waals surface area contributed by atoms with Crippen molar-refractivity contribution in [2.75, 3.05) is 11.9 Å². The fraction of sp³-hybridized carbons (Fsp3) is 0.400. The second-order valence-corrected chi connectivity index (χ2v) is 3.79. The Balaban J connectivity index is 2.39. The van der Waals surface area contributed by atoms with E-state index >= 15 is 0 Å². The van der Waals surface area contributed by atoms with E-state index in [1.54, 1.807) is 12.1 Å². The average molecular weight is 274 g/mol. The van der Waals surface area contributed by atoms with Crippen molar-refractivity contribution in [1.82, 2.24) is 0 Å². The summed E-state index contributed by atoms with van der Waals surface area (Å²) >= 11 is 3.33. The third-order valence-electron chi connectivity index (χ3n) is 1.84. The lowest BCUT2D eigenvalue weighted by Gasteiger charge is -2.04. The van der Waals surface area contributed by atoms with Gasteiger partial charge in [0.05, 0.1) is 11.5 Å². The monoisotopic (exact) mass is 273 g/mol. The molecule has 5 heteroatoms. The zero-order valence-corrected chi connectivity index (χ0v) is 9.77. The molecule has 0 amide bonds. The summed E-state index contributed by atoms with van der Waals surface area (Å²) in [5.41, 5.74) is 0.0859. The number of ether oxygens (including phenoxy) is 1. The van der Waals surface area contributed by atoms with E-state index in [1.807, 2.05) is 0 Å². The maximum absolute atomic E-state index is 10.4. The molecule has 0 radical (unpaired) electrons. The molecule has 1 aromatic rings. The molecule has 0 fully saturated rings. The van der Waals surface area contributed by atoms with E-state index in [2.05, 4.69) is 15.9 Å². The Hall–Kier alpha value is -1.10. The van der Waals surface area contributed by atoms with Crippen molar-refractivity contribution >= 4 is 21.6 Å². The van der Waals surface area contributed by atoms with E-state index in [-0.39, 0.29) is 5.69 Å². The molecule has 4 nitrogen and oxygen atoms in total. The Kier molecular flexibility index (Phi) is 5.10. The molecule has 1 aromatic carbocycles. The lowest BCUT2D eigenvalue weighted by Crippen LogP contribution is -1.97. The van der Waals surface area contributed by atoms with Crippen LogP contribution in [0.15, 0.2) is 24.3 Å². The Morgan fingerprint density at radius 2 is 1.93 bits per heavy atom. The molecule has 0 saturated carbocycles. The first-order chi connectivity index (χ1) is 7.24. The molecule has 0 aromatic heterocycles. The van der Waals surface area contributed by atoms with Crippen LogP contribution >= 0.6 is 15.9 Å². The number of alkyl halides is 1. The van der Waals surface area contributed by atoms with Gasteiger partial charge in [-0.25, -0.2) is 0 Å². The number of nitro groups is 1. The van der Waals surface area contributed by atoms with Crippen LogP contribution in [0, 0.1) is 10.1 Å². The minimum Gasteiger partial charge on any atom is -0.494 e. The molecular formula is C10H12BrNO3. The van der Waals surface area contributed by atoms with Gasteiger partial charge in [-0.3, -0.25) is 10.1 Å². The van der Waals surface area contributed by atoms with Gasteiger partial charge in [0.1, 0.15) is 5.75 Å². The van der Waals surface area contributed by atoms with Crippen LogP contribution in [-0.4, -0.2) is 16.9 Å². The zero-order valence-electron chi connectivity index (χ0n) is 8.19. The standard InChI is InChI=1S/C10H12BrNO3/c11-7-1-2-8-15-10-5-3-9(4-6-10)12(13)14/h3-6H,1-2,7-8H2. The summed E-state index contributed by atoms with van der Waals surface area (Å²) in [4.78, 5) is 9.95. The van der Waals surface area contributed by atoms with Gasteiger partial charge in [-0.1, -0.05) is 15.9 Å². The number of benzene rings is 1. The normalized spacial score (nSPS) is 9.93. The van der Waals surface area contributed by atoms with Gasteiger partial charge in [0.25, 0.3) is 5.69 Å². The van der Waals surface area contributed by atoms with Gasteiger partial charge in [-0.2, -0.15) is 0 Å². The molecule has 0 bridgehead atoms. The molecule has 0 aliphatic heterocycles. The number of hydrogen-bond donors (Lipinski definition) is 0. The number of non-ortho nitro benzene ring substituents is 1. The Morgan fingerprint density at radius 3 is 2.47 bits per heavy atom. The van der Waals surface area contributed by atoms with Crippen molar-refractivity contribution in [2.45, 2.75) is 12.8 Å². The first kappa shape index (κ1) is 12.0. The summed E-state index contributed by atoms with van der Waals surface area (Å²) in [5, 5.41) is 11.3. The minimum absolute atomic E-state index is 0.0859. The fourth-order valence-electron chi connectivity index (χ4n) is 1.05. The first-order valence-electron chi connectivity index (χ1n) is 4.67. The van der Waals surface area contributed by atoms with Crippen LogP contribution in [0.3, 0.4) is 0 Å². The number of hydrogen-bond acceptors (Lipinski definition) is 3. The Bertz CT molecular complexity index is 313. The number of nitro benzene ring substituents is 1. The summed E-state index contributed by atoms with van der Waals surface area (Å²) in [6, 6.07) is 6.12. The third kappa shape index (κ3) is 4.29.